The summed E-state index contributed by atoms with van der Waals surface area (Å²) in [6, 6.07) is 28.0. The summed E-state index contributed by atoms with van der Waals surface area (Å²) in [5.74, 6) is -2.09. The molecule has 0 saturated carbocycles. The van der Waals surface area contributed by atoms with Gasteiger partial charge in [-0.25, -0.2) is 9.59 Å². The fourth-order valence-corrected chi connectivity index (χ4v) is 9.69. The molecule has 74 heavy (non-hydrogen) atoms. The van der Waals surface area contributed by atoms with Gasteiger partial charge < -0.3 is 10.2 Å². The first-order valence-electron chi connectivity index (χ1n) is 23.5. The smallest absolute Gasteiger partial charge is 0.335 e. The Morgan fingerprint density at radius 3 is 1.30 bits per heavy atom. The van der Waals surface area contributed by atoms with E-state index in [4.69, 9.17) is 10.2 Å². The molecule has 0 unspecified atom stereocenters. The van der Waals surface area contributed by atoms with Gasteiger partial charge in [-0.1, -0.05) is 64.1 Å². The molecule has 0 heterocycles. The van der Waals surface area contributed by atoms with Crippen LogP contribution in [0.15, 0.2) is 160 Å². The fourth-order valence-electron chi connectivity index (χ4n) is 8.27. The molecule has 0 radical (unpaired) electrons. The number of hydrogen-bond donors (Lipinski definition) is 4. The predicted octanol–water partition coefficient (Wildman–Crippen LogP) is 15.4. The van der Waals surface area contributed by atoms with E-state index in [2.05, 4.69) is 30.7 Å². The van der Waals surface area contributed by atoms with E-state index in [0.717, 1.165) is 27.8 Å². The number of nitrogens with zero attached hydrogens (tertiary/aromatic N) is 8. The van der Waals surface area contributed by atoms with Crippen LogP contribution in [0.25, 0.3) is 12.2 Å². The molecule has 0 aromatic heterocycles. The maximum Gasteiger partial charge on any atom is 0.335 e. The lowest BCUT2D eigenvalue weighted by atomic mass is 9.82. The molecule has 0 aliphatic rings. The van der Waals surface area contributed by atoms with Crippen LogP contribution in [0.5, 0.6) is 0 Å². The number of hydrogen-bond acceptors (Lipinski definition) is 14. The van der Waals surface area contributed by atoms with Crippen molar-refractivity contribution in [1.82, 2.24) is 0 Å². The Morgan fingerprint density at radius 2 is 0.851 bits per heavy atom. The molecule has 6 aromatic rings. The SMILES string of the molecule is CCC(CC)(N=Nc1cc(C)c(N=Nc2ccc(C(=O)O)cc2)cc1C)c1ccc(C=Cc2ccc(N=NC(CC)(CC)c3cc(C)c(N=Nc4ccc(C(=O)O)cc4)cc3C)cc2S(=O)(=O)O)c(S(=O)(=O)O)c1. The first-order valence-corrected chi connectivity index (χ1v) is 26.3. The predicted molar refractivity (Wildman–Crippen MR) is 282 cm³/mol. The highest BCUT2D eigenvalue weighted by Crippen LogP contribution is 2.41. The van der Waals surface area contributed by atoms with Gasteiger partial charge in [0.25, 0.3) is 20.2 Å². The van der Waals surface area contributed by atoms with Crippen LogP contribution in [0, 0.1) is 27.7 Å². The number of aryl methyl sites for hydroxylation is 4. The molecule has 18 nitrogen and oxygen atoms in total. The minimum Gasteiger partial charge on any atom is -0.478 e. The van der Waals surface area contributed by atoms with Gasteiger partial charge in [-0.2, -0.15) is 57.7 Å². The van der Waals surface area contributed by atoms with E-state index in [0.29, 0.717) is 59.7 Å². The molecular formula is C54H56N8O10S2. The van der Waals surface area contributed by atoms with Crippen LogP contribution in [0.1, 0.15) is 119 Å². The van der Waals surface area contributed by atoms with Gasteiger partial charge >= 0.3 is 11.9 Å². The summed E-state index contributed by atoms with van der Waals surface area (Å²) in [5.41, 5.74) is 5.61. The van der Waals surface area contributed by atoms with Gasteiger partial charge in [-0.3, -0.25) is 9.11 Å². The molecule has 0 atom stereocenters. The second-order valence-electron chi connectivity index (χ2n) is 17.6. The number of carboxylic acid groups (broad SMARTS) is 2. The molecular weight excluding hydrogens is 985 g/mol. The van der Waals surface area contributed by atoms with Crippen molar-refractivity contribution in [3.63, 3.8) is 0 Å². The van der Waals surface area contributed by atoms with E-state index in [1.165, 1.54) is 66.7 Å². The zero-order chi connectivity index (χ0) is 54.2. The van der Waals surface area contributed by atoms with Crippen molar-refractivity contribution >= 4 is 78.5 Å². The van der Waals surface area contributed by atoms with Crippen LogP contribution in [-0.4, -0.2) is 48.1 Å². The maximum absolute atomic E-state index is 13.0. The van der Waals surface area contributed by atoms with Crippen molar-refractivity contribution in [2.24, 2.45) is 40.9 Å². The summed E-state index contributed by atoms with van der Waals surface area (Å²) in [6.45, 7) is 15.1. The number of carboxylic acids is 2. The summed E-state index contributed by atoms with van der Waals surface area (Å²) < 4.78 is 72.6. The average Bonchev–Trinajstić information content (AvgIpc) is 3.37. The van der Waals surface area contributed by atoms with Crippen molar-refractivity contribution in [2.75, 3.05) is 0 Å². The van der Waals surface area contributed by atoms with Crippen molar-refractivity contribution < 1.29 is 45.7 Å². The molecule has 6 rings (SSSR count). The first kappa shape index (κ1) is 55.5. The zero-order valence-corrected chi connectivity index (χ0v) is 43.6. The van der Waals surface area contributed by atoms with Crippen molar-refractivity contribution in [3.05, 3.63) is 165 Å². The quantitative estimate of drug-likeness (QED) is 0.0318. The molecule has 0 fully saturated rings. The maximum atomic E-state index is 13.0. The van der Waals surface area contributed by atoms with Gasteiger partial charge in [0.2, 0.25) is 0 Å². The Kier molecular flexibility index (Phi) is 17.2. The lowest BCUT2D eigenvalue weighted by Crippen LogP contribution is -2.22. The van der Waals surface area contributed by atoms with Crippen LogP contribution in [0.3, 0.4) is 0 Å². The molecule has 384 valence electrons. The molecule has 0 spiro atoms. The minimum atomic E-state index is -4.87. The van der Waals surface area contributed by atoms with E-state index in [-0.39, 0.29) is 27.9 Å². The second-order valence-corrected chi connectivity index (χ2v) is 20.4. The highest BCUT2D eigenvalue weighted by Gasteiger charge is 2.32. The number of benzene rings is 6. The van der Waals surface area contributed by atoms with E-state index in [9.17, 15) is 45.7 Å². The van der Waals surface area contributed by atoms with Crippen LogP contribution in [0.4, 0.5) is 34.1 Å². The molecule has 20 heteroatoms. The molecule has 0 aliphatic heterocycles. The summed E-state index contributed by atoms with van der Waals surface area (Å²) in [7, 11) is -9.73. The van der Waals surface area contributed by atoms with Gasteiger partial charge in [-0.15, -0.1) is 0 Å². The Morgan fingerprint density at radius 1 is 0.459 bits per heavy atom. The minimum absolute atomic E-state index is 0.000855. The number of aromatic carboxylic acids is 2. The highest BCUT2D eigenvalue weighted by molar-refractivity contribution is 7.86. The van der Waals surface area contributed by atoms with Gasteiger partial charge in [0.15, 0.2) is 0 Å². The number of azo groups is 4. The first-order chi connectivity index (χ1) is 35.0. The van der Waals surface area contributed by atoms with Crippen molar-refractivity contribution in [1.29, 1.82) is 0 Å². The van der Waals surface area contributed by atoms with Crippen LogP contribution >= 0.6 is 0 Å². The fraction of sp³-hybridized carbons (Fsp3) is 0.259. The van der Waals surface area contributed by atoms with Gasteiger partial charge in [-0.05, 0) is 183 Å². The Bertz CT molecular complexity index is 3490. The second kappa shape index (κ2) is 23.0. The normalized spacial score (nSPS) is 12.8. The Hall–Kier alpha value is -7.78. The molecule has 4 N–H and O–H groups in total. The van der Waals surface area contributed by atoms with Gasteiger partial charge in [0, 0.05) is 0 Å². The Balaban J connectivity index is 1.27. The summed E-state index contributed by atoms with van der Waals surface area (Å²) in [5, 5.41) is 54.3. The molecule has 0 bridgehead atoms. The third kappa shape index (κ3) is 12.9. The van der Waals surface area contributed by atoms with E-state index >= 15 is 0 Å². The summed E-state index contributed by atoms with van der Waals surface area (Å²) in [4.78, 5) is 21.5. The van der Waals surface area contributed by atoms with E-state index in [1.807, 2.05) is 67.5 Å². The number of rotatable bonds is 20. The monoisotopic (exact) mass is 1040 g/mol. The zero-order valence-electron chi connectivity index (χ0n) is 42.0. The summed E-state index contributed by atoms with van der Waals surface area (Å²) >= 11 is 0. The van der Waals surface area contributed by atoms with Crippen molar-refractivity contribution in [2.45, 2.75) is 102 Å². The average molecular weight is 1040 g/mol. The van der Waals surface area contributed by atoms with Crippen LogP contribution in [-0.2, 0) is 31.3 Å². The van der Waals surface area contributed by atoms with Gasteiger partial charge in [0.05, 0.1) is 45.3 Å². The lowest BCUT2D eigenvalue weighted by Gasteiger charge is -2.29. The third-order valence-corrected chi connectivity index (χ3v) is 14.7. The number of carbonyl (C=O) groups is 2. The topological polar surface area (TPSA) is 282 Å². The van der Waals surface area contributed by atoms with E-state index < -0.39 is 53.0 Å². The van der Waals surface area contributed by atoms with E-state index in [1.54, 1.807) is 42.5 Å². The highest BCUT2D eigenvalue weighted by atomic mass is 32.2. The van der Waals surface area contributed by atoms with Crippen LogP contribution < -0.4 is 0 Å². The van der Waals surface area contributed by atoms with Gasteiger partial charge in [0.1, 0.15) is 20.9 Å². The largest absolute Gasteiger partial charge is 0.478 e. The van der Waals surface area contributed by atoms with Crippen molar-refractivity contribution in [3.8, 4) is 0 Å². The Labute approximate surface area is 430 Å². The molecule has 0 amide bonds. The lowest BCUT2D eigenvalue weighted by molar-refractivity contribution is 0.0686. The molecule has 6 aromatic carbocycles. The van der Waals surface area contributed by atoms with Crippen LogP contribution in [0.2, 0.25) is 0 Å². The molecule has 0 aliphatic carbocycles. The summed E-state index contributed by atoms with van der Waals surface area (Å²) in [6.07, 6.45) is 4.45. The molecule has 0 saturated heterocycles. The standard InChI is InChI=1S/C54H56N8O10S2/c1-9-53(10-2,61-60-48-30-35(7)47(29-36(48)8)59-56-43-24-19-40(20-25-43)52(65)66)41-21-15-37(49(31-41)73(67,68)69)13-14-38-16-26-44(32-50(38)74(70,71)72)57-62-54(11-3,12-4)45-27-34(6)46(28-33(45)5)58-55-42-22-17-39(18-23-42)51(63)64/h13-32H,9-12H2,1-8H3,(H,63,64)(H,65,66)(H,67,68,69)(H,70,71,72). The third-order valence-electron chi connectivity index (χ3n) is 12.9.